The molecule has 1 aromatic heterocycles. The van der Waals surface area contributed by atoms with Gasteiger partial charge in [0.1, 0.15) is 17.1 Å². The molecule has 8 nitrogen and oxygen atoms in total. The first kappa shape index (κ1) is 24.0. The SMILES string of the molecule is CC1Oc2nc(Nc3cc(C#N)c4c(c3)CCN(C)C4(C)C)ncc2C(=O)N1c1c(F)cccc1Cl. The van der Waals surface area contributed by atoms with E-state index in [9.17, 15) is 14.4 Å². The first-order valence-electron chi connectivity index (χ1n) is 11.5. The van der Waals surface area contributed by atoms with E-state index < -0.39 is 18.0 Å². The lowest BCUT2D eigenvalue weighted by molar-refractivity contribution is 0.0865. The lowest BCUT2D eigenvalue weighted by atomic mass is 9.80. The lowest BCUT2D eigenvalue weighted by Crippen LogP contribution is -2.47. The third-order valence-corrected chi connectivity index (χ3v) is 7.21. The van der Waals surface area contributed by atoms with Crippen molar-refractivity contribution in [1.82, 2.24) is 14.9 Å². The van der Waals surface area contributed by atoms with Crippen molar-refractivity contribution < 1.29 is 13.9 Å². The second kappa shape index (κ2) is 8.73. The standard InChI is InChI=1S/C26H24ClFN6O2/c1-14-34(22-19(27)6-5-7-20(22)28)24(35)18-13-30-25(32-23(18)36-14)31-17-10-15-8-9-33(4)26(2,3)21(15)16(11-17)12-29/h5-7,10-11,13-14H,8-9H2,1-4H3,(H,30,31,32). The van der Waals surface area contributed by atoms with Crippen LogP contribution >= 0.6 is 11.6 Å². The zero-order valence-corrected chi connectivity index (χ0v) is 21.0. The van der Waals surface area contributed by atoms with Gasteiger partial charge in [-0.3, -0.25) is 14.6 Å². The van der Waals surface area contributed by atoms with E-state index >= 15 is 0 Å². The maximum atomic E-state index is 14.5. The highest BCUT2D eigenvalue weighted by Gasteiger charge is 2.37. The van der Waals surface area contributed by atoms with E-state index in [4.69, 9.17) is 16.3 Å². The van der Waals surface area contributed by atoms with Gasteiger partial charge >= 0.3 is 0 Å². The molecule has 0 spiro atoms. The van der Waals surface area contributed by atoms with Gasteiger partial charge in [0.15, 0.2) is 6.23 Å². The molecule has 10 heteroatoms. The van der Waals surface area contributed by atoms with Crippen molar-refractivity contribution in [2.24, 2.45) is 0 Å². The Kier molecular flexibility index (Phi) is 5.81. The number of nitrogens with zero attached hydrogens (tertiary/aromatic N) is 5. The van der Waals surface area contributed by atoms with Crippen molar-refractivity contribution in [2.75, 3.05) is 23.8 Å². The fourth-order valence-electron chi connectivity index (χ4n) is 4.84. The van der Waals surface area contributed by atoms with Gasteiger partial charge in [0.05, 0.1) is 16.7 Å². The largest absolute Gasteiger partial charge is 0.453 e. The summed E-state index contributed by atoms with van der Waals surface area (Å²) >= 11 is 6.18. The van der Waals surface area contributed by atoms with Crippen LogP contribution in [0.5, 0.6) is 5.88 Å². The fourth-order valence-corrected chi connectivity index (χ4v) is 5.10. The number of nitrogens with one attached hydrogen (secondary N) is 1. The number of anilines is 3. The highest BCUT2D eigenvalue weighted by atomic mass is 35.5. The molecule has 0 bridgehead atoms. The molecule has 1 amide bonds. The van der Waals surface area contributed by atoms with E-state index in [2.05, 4.69) is 47.1 Å². The molecule has 2 aliphatic heterocycles. The van der Waals surface area contributed by atoms with Gasteiger partial charge in [0, 0.05) is 24.0 Å². The van der Waals surface area contributed by atoms with Crippen LogP contribution < -0.4 is 15.0 Å². The van der Waals surface area contributed by atoms with E-state index in [1.165, 1.54) is 24.4 Å². The average Bonchev–Trinajstić information content (AvgIpc) is 2.82. The van der Waals surface area contributed by atoms with Gasteiger partial charge in [-0.1, -0.05) is 17.7 Å². The molecule has 1 N–H and O–H groups in total. The molecule has 0 aliphatic carbocycles. The number of amides is 1. The van der Waals surface area contributed by atoms with E-state index in [0.29, 0.717) is 11.3 Å². The molecule has 1 unspecified atom stereocenters. The number of halogens is 2. The zero-order chi connectivity index (χ0) is 25.8. The summed E-state index contributed by atoms with van der Waals surface area (Å²) in [5, 5.41) is 13.1. The summed E-state index contributed by atoms with van der Waals surface area (Å²) in [6.07, 6.45) is 1.30. The van der Waals surface area contributed by atoms with E-state index in [-0.39, 0.29) is 33.6 Å². The zero-order valence-electron chi connectivity index (χ0n) is 20.3. The van der Waals surface area contributed by atoms with Gasteiger partial charge in [0.2, 0.25) is 11.8 Å². The van der Waals surface area contributed by atoms with Crippen LogP contribution in [0.2, 0.25) is 5.02 Å². The molecule has 0 saturated carbocycles. The minimum atomic E-state index is -0.852. The molecule has 36 heavy (non-hydrogen) atoms. The highest BCUT2D eigenvalue weighted by molar-refractivity contribution is 6.34. The minimum Gasteiger partial charge on any atom is -0.453 e. The molecule has 2 aliphatic rings. The average molecular weight is 507 g/mol. The van der Waals surface area contributed by atoms with Gasteiger partial charge < -0.3 is 10.1 Å². The first-order valence-corrected chi connectivity index (χ1v) is 11.9. The third-order valence-electron chi connectivity index (χ3n) is 6.91. The van der Waals surface area contributed by atoms with E-state index in [1.54, 1.807) is 13.0 Å². The number of nitriles is 1. The molecule has 1 atom stereocenters. The summed E-state index contributed by atoms with van der Waals surface area (Å²) in [4.78, 5) is 25.3. The summed E-state index contributed by atoms with van der Waals surface area (Å²) in [5.41, 5.74) is 3.13. The molecule has 0 saturated heterocycles. The number of aromatic nitrogens is 2. The molecule has 3 aromatic rings. The summed E-state index contributed by atoms with van der Waals surface area (Å²) in [6.45, 7) is 6.71. The van der Waals surface area contributed by atoms with E-state index in [0.717, 1.165) is 29.0 Å². The highest BCUT2D eigenvalue weighted by Crippen LogP contribution is 2.39. The van der Waals surface area contributed by atoms with Crippen LogP contribution in [0.15, 0.2) is 36.5 Å². The lowest BCUT2D eigenvalue weighted by Gasteiger charge is -2.42. The smallest absolute Gasteiger partial charge is 0.268 e. The van der Waals surface area contributed by atoms with Crippen LogP contribution in [0.3, 0.4) is 0 Å². The van der Waals surface area contributed by atoms with Crippen molar-refractivity contribution in [2.45, 2.75) is 39.0 Å². The first-order chi connectivity index (χ1) is 17.1. The van der Waals surface area contributed by atoms with Gasteiger partial charge in [-0.15, -0.1) is 0 Å². The molecule has 0 fully saturated rings. The number of ether oxygens (including phenoxy) is 1. The van der Waals surface area contributed by atoms with Gasteiger partial charge in [-0.2, -0.15) is 10.2 Å². The van der Waals surface area contributed by atoms with Crippen molar-refractivity contribution in [3.8, 4) is 11.9 Å². The minimum absolute atomic E-state index is 0.0591. The van der Waals surface area contributed by atoms with Crippen LogP contribution in [-0.4, -0.2) is 40.6 Å². The number of hydrogen-bond donors (Lipinski definition) is 1. The summed E-state index contributed by atoms with van der Waals surface area (Å²) < 4.78 is 20.4. The van der Waals surface area contributed by atoms with Crippen LogP contribution in [-0.2, 0) is 12.0 Å². The monoisotopic (exact) mass is 506 g/mol. The molecule has 184 valence electrons. The Morgan fingerprint density at radius 2 is 2.11 bits per heavy atom. The van der Waals surface area contributed by atoms with E-state index in [1.807, 2.05) is 6.07 Å². The molecule has 5 rings (SSSR count). The summed E-state index contributed by atoms with van der Waals surface area (Å²) in [5.74, 6) is -0.865. The van der Waals surface area contributed by atoms with Crippen molar-refractivity contribution in [1.29, 1.82) is 5.26 Å². The Morgan fingerprint density at radius 1 is 1.33 bits per heavy atom. The molecule has 3 heterocycles. The quantitative estimate of drug-likeness (QED) is 0.534. The number of para-hydroxylation sites is 1. The number of hydrogen-bond acceptors (Lipinski definition) is 7. The second-order valence-corrected chi connectivity index (χ2v) is 9.81. The fraction of sp³-hybridized carbons (Fsp3) is 0.308. The van der Waals surface area contributed by atoms with Crippen LogP contribution in [0.4, 0.5) is 21.7 Å². The van der Waals surface area contributed by atoms with Gasteiger partial charge in [0.25, 0.3) is 5.91 Å². The van der Waals surface area contributed by atoms with Crippen LogP contribution in [0.25, 0.3) is 0 Å². The summed E-state index contributed by atoms with van der Waals surface area (Å²) in [7, 11) is 2.06. The Balaban J connectivity index is 1.47. The number of fused-ring (bicyclic) bond motifs is 2. The number of carbonyl (C=O) groups is 1. The Labute approximate surface area is 213 Å². The predicted octanol–water partition coefficient (Wildman–Crippen LogP) is 4.99. The maximum Gasteiger partial charge on any atom is 0.268 e. The number of rotatable bonds is 3. The molecular formula is C26H24ClFN6O2. The van der Waals surface area contributed by atoms with Crippen LogP contribution in [0, 0.1) is 17.1 Å². The Morgan fingerprint density at radius 3 is 2.83 bits per heavy atom. The van der Waals surface area contributed by atoms with Crippen molar-refractivity contribution in [3.05, 3.63) is 69.6 Å². The van der Waals surface area contributed by atoms with Crippen LogP contribution in [0.1, 0.15) is 47.8 Å². The molecule has 0 radical (unpaired) electrons. The Hall–Kier alpha value is -3.74. The van der Waals surface area contributed by atoms with Crippen molar-refractivity contribution >= 4 is 34.8 Å². The number of benzene rings is 2. The van der Waals surface area contributed by atoms with Gasteiger partial charge in [-0.25, -0.2) is 9.37 Å². The number of likely N-dealkylation sites (N-methyl/N-ethyl adjacent to an activating group) is 1. The third kappa shape index (κ3) is 3.83. The van der Waals surface area contributed by atoms with Gasteiger partial charge in [-0.05, 0) is 69.6 Å². The number of carbonyl (C=O) groups excluding carboxylic acids is 1. The van der Waals surface area contributed by atoms with Crippen molar-refractivity contribution in [3.63, 3.8) is 0 Å². The second-order valence-electron chi connectivity index (χ2n) is 9.40. The summed E-state index contributed by atoms with van der Waals surface area (Å²) in [6, 6.07) is 10.3. The maximum absolute atomic E-state index is 14.5. The predicted molar refractivity (Wildman–Crippen MR) is 134 cm³/mol. The molecular weight excluding hydrogens is 483 g/mol. The topological polar surface area (TPSA) is 94.4 Å². The normalized spacial score (nSPS) is 18.6. The molecule has 2 aromatic carbocycles. The Bertz CT molecular complexity index is 1420.